The standard InChI is InChI=1S/C13H23N3O3S/c1-8(2)10(6-19-5)16-12(9(3)4)14-15-13(16)20-7-11(17)18/h8-10H,6-7H2,1-5H3,(H,17,18). The fourth-order valence-electron chi connectivity index (χ4n) is 1.95. The average molecular weight is 301 g/mol. The summed E-state index contributed by atoms with van der Waals surface area (Å²) in [5.74, 6) is 0.554. The molecule has 1 rings (SSSR count). The van der Waals surface area contributed by atoms with E-state index in [1.165, 1.54) is 11.8 Å². The van der Waals surface area contributed by atoms with Crippen molar-refractivity contribution in [2.45, 2.75) is 44.8 Å². The largest absolute Gasteiger partial charge is 0.481 e. The number of aromatic nitrogens is 3. The Bertz CT molecular complexity index is 446. The molecule has 0 saturated heterocycles. The molecule has 0 aliphatic carbocycles. The van der Waals surface area contributed by atoms with Gasteiger partial charge in [-0.25, -0.2) is 0 Å². The van der Waals surface area contributed by atoms with Crippen molar-refractivity contribution in [3.05, 3.63) is 5.82 Å². The highest BCUT2D eigenvalue weighted by atomic mass is 32.2. The lowest BCUT2D eigenvalue weighted by Crippen LogP contribution is -2.23. The number of methoxy groups -OCH3 is 1. The molecule has 0 amide bonds. The molecule has 114 valence electrons. The number of aliphatic carboxylic acids is 1. The van der Waals surface area contributed by atoms with Crippen molar-refractivity contribution in [1.82, 2.24) is 14.8 Å². The van der Waals surface area contributed by atoms with Crippen LogP contribution in [0.3, 0.4) is 0 Å². The third-order valence-corrected chi connectivity index (χ3v) is 3.90. The van der Waals surface area contributed by atoms with Crippen LogP contribution in [0.4, 0.5) is 0 Å². The minimum Gasteiger partial charge on any atom is -0.481 e. The lowest BCUT2D eigenvalue weighted by Gasteiger charge is -2.25. The van der Waals surface area contributed by atoms with Gasteiger partial charge in [0.25, 0.3) is 0 Å². The summed E-state index contributed by atoms with van der Waals surface area (Å²) >= 11 is 1.20. The predicted molar refractivity (Wildman–Crippen MR) is 78.2 cm³/mol. The van der Waals surface area contributed by atoms with Crippen LogP contribution in [0.1, 0.15) is 45.5 Å². The van der Waals surface area contributed by atoms with Gasteiger partial charge < -0.3 is 14.4 Å². The van der Waals surface area contributed by atoms with E-state index in [1.54, 1.807) is 7.11 Å². The van der Waals surface area contributed by atoms with Crippen molar-refractivity contribution >= 4 is 17.7 Å². The Balaban J connectivity index is 3.15. The highest BCUT2D eigenvalue weighted by Gasteiger charge is 2.25. The quantitative estimate of drug-likeness (QED) is 0.743. The summed E-state index contributed by atoms with van der Waals surface area (Å²) in [7, 11) is 1.67. The van der Waals surface area contributed by atoms with E-state index in [1.807, 2.05) is 4.57 Å². The summed E-state index contributed by atoms with van der Waals surface area (Å²) < 4.78 is 7.34. The van der Waals surface area contributed by atoms with E-state index < -0.39 is 5.97 Å². The summed E-state index contributed by atoms with van der Waals surface area (Å²) in [6.45, 7) is 8.88. The molecule has 0 fully saturated rings. The van der Waals surface area contributed by atoms with Crippen molar-refractivity contribution in [2.24, 2.45) is 5.92 Å². The zero-order chi connectivity index (χ0) is 15.3. The lowest BCUT2D eigenvalue weighted by atomic mass is 10.0. The van der Waals surface area contributed by atoms with Crippen molar-refractivity contribution in [1.29, 1.82) is 0 Å². The average Bonchev–Trinajstić information content (AvgIpc) is 2.76. The zero-order valence-electron chi connectivity index (χ0n) is 12.7. The molecular weight excluding hydrogens is 278 g/mol. The van der Waals surface area contributed by atoms with Gasteiger partial charge in [-0.1, -0.05) is 39.5 Å². The van der Waals surface area contributed by atoms with Gasteiger partial charge in [-0.3, -0.25) is 4.79 Å². The summed E-state index contributed by atoms with van der Waals surface area (Å²) in [6.07, 6.45) is 0. The molecule has 7 heteroatoms. The molecule has 1 aromatic rings. The number of carboxylic acid groups (broad SMARTS) is 1. The smallest absolute Gasteiger partial charge is 0.313 e. The van der Waals surface area contributed by atoms with Gasteiger partial charge in [0.1, 0.15) is 5.82 Å². The molecule has 6 nitrogen and oxygen atoms in total. The minimum absolute atomic E-state index is 0.0198. The first-order valence-corrected chi connectivity index (χ1v) is 7.65. The van der Waals surface area contributed by atoms with Crippen molar-refractivity contribution in [3.63, 3.8) is 0 Å². The second kappa shape index (κ2) is 7.64. The molecule has 1 atom stereocenters. The van der Waals surface area contributed by atoms with Gasteiger partial charge in [0.05, 0.1) is 18.4 Å². The Kier molecular flexibility index (Phi) is 6.48. The fourth-order valence-corrected chi connectivity index (χ4v) is 2.67. The van der Waals surface area contributed by atoms with E-state index in [9.17, 15) is 4.79 Å². The number of carbonyl (C=O) groups is 1. The van der Waals surface area contributed by atoms with Gasteiger partial charge in [-0.15, -0.1) is 10.2 Å². The molecule has 1 unspecified atom stereocenters. The third kappa shape index (κ3) is 4.21. The Hall–Kier alpha value is -1.08. The molecule has 1 aromatic heterocycles. The van der Waals surface area contributed by atoms with Crippen LogP contribution >= 0.6 is 11.8 Å². The van der Waals surface area contributed by atoms with Gasteiger partial charge in [0.15, 0.2) is 5.16 Å². The molecule has 0 aliphatic heterocycles. The maximum absolute atomic E-state index is 10.8. The summed E-state index contributed by atoms with van der Waals surface area (Å²) in [6, 6.07) is 0.101. The number of carboxylic acids is 1. The van der Waals surface area contributed by atoms with E-state index in [0.717, 1.165) is 5.82 Å². The number of thioether (sulfide) groups is 1. The van der Waals surface area contributed by atoms with Gasteiger partial charge in [0, 0.05) is 13.0 Å². The SMILES string of the molecule is COCC(C(C)C)n1c(SCC(=O)O)nnc1C(C)C. The van der Waals surface area contributed by atoms with E-state index in [4.69, 9.17) is 9.84 Å². The van der Waals surface area contributed by atoms with Crippen LogP contribution in [0.25, 0.3) is 0 Å². The maximum atomic E-state index is 10.8. The van der Waals surface area contributed by atoms with Gasteiger partial charge >= 0.3 is 5.97 Å². The second-order valence-corrected chi connectivity index (χ2v) is 6.26. The Morgan fingerprint density at radius 2 is 2.00 bits per heavy atom. The van der Waals surface area contributed by atoms with E-state index in [0.29, 0.717) is 17.7 Å². The Morgan fingerprint density at radius 1 is 1.35 bits per heavy atom. The van der Waals surface area contributed by atoms with Gasteiger partial charge in [-0.2, -0.15) is 0 Å². The van der Waals surface area contributed by atoms with Crippen molar-refractivity contribution < 1.29 is 14.6 Å². The van der Waals surface area contributed by atoms with Crippen LogP contribution in [0.5, 0.6) is 0 Å². The molecule has 0 saturated carbocycles. The molecule has 20 heavy (non-hydrogen) atoms. The first kappa shape index (κ1) is 17.0. The number of ether oxygens (including phenoxy) is 1. The number of hydrogen-bond donors (Lipinski definition) is 1. The van der Waals surface area contributed by atoms with Crippen molar-refractivity contribution in [3.8, 4) is 0 Å². The van der Waals surface area contributed by atoms with Crippen LogP contribution in [-0.4, -0.2) is 45.3 Å². The molecule has 0 aliphatic rings. The van der Waals surface area contributed by atoms with E-state index in [-0.39, 0.29) is 17.7 Å². The number of nitrogens with zero attached hydrogens (tertiary/aromatic N) is 3. The van der Waals surface area contributed by atoms with E-state index >= 15 is 0 Å². The van der Waals surface area contributed by atoms with Crippen LogP contribution in [0.2, 0.25) is 0 Å². The summed E-state index contributed by atoms with van der Waals surface area (Å²) in [5.41, 5.74) is 0. The summed E-state index contributed by atoms with van der Waals surface area (Å²) in [5, 5.41) is 17.8. The zero-order valence-corrected chi connectivity index (χ0v) is 13.5. The number of hydrogen-bond acceptors (Lipinski definition) is 5. The highest BCUT2D eigenvalue weighted by molar-refractivity contribution is 7.99. The first-order chi connectivity index (χ1) is 9.38. The number of rotatable bonds is 8. The molecule has 0 bridgehead atoms. The minimum atomic E-state index is -0.858. The van der Waals surface area contributed by atoms with Gasteiger partial charge in [-0.05, 0) is 5.92 Å². The molecular formula is C13H23N3O3S. The van der Waals surface area contributed by atoms with Crippen LogP contribution in [0.15, 0.2) is 5.16 Å². The molecule has 0 aromatic carbocycles. The third-order valence-electron chi connectivity index (χ3n) is 2.97. The normalized spacial score (nSPS) is 13.2. The fraction of sp³-hybridized carbons (Fsp3) is 0.769. The second-order valence-electron chi connectivity index (χ2n) is 5.31. The van der Waals surface area contributed by atoms with Gasteiger partial charge in [0.2, 0.25) is 0 Å². The van der Waals surface area contributed by atoms with Crippen molar-refractivity contribution in [2.75, 3.05) is 19.5 Å². The maximum Gasteiger partial charge on any atom is 0.313 e. The molecule has 1 heterocycles. The predicted octanol–water partition coefficient (Wildman–Crippen LogP) is 2.42. The molecule has 0 spiro atoms. The van der Waals surface area contributed by atoms with Crippen LogP contribution in [-0.2, 0) is 9.53 Å². The lowest BCUT2D eigenvalue weighted by molar-refractivity contribution is -0.133. The monoisotopic (exact) mass is 301 g/mol. The first-order valence-electron chi connectivity index (χ1n) is 6.66. The van der Waals surface area contributed by atoms with Crippen LogP contribution in [0, 0.1) is 5.92 Å². The molecule has 0 radical (unpaired) electrons. The van der Waals surface area contributed by atoms with Crippen LogP contribution < -0.4 is 0 Å². The van der Waals surface area contributed by atoms with E-state index in [2.05, 4.69) is 37.9 Å². The Morgan fingerprint density at radius 3 is 2.45 bits per heavy atom. The highest BCUT2D eigenvalue weighted by Crippen LogP contribution is 2.29. The summed E-state index contributed by atoms with van der Waals surface area (Å²) in [4.78, 5) is 10.8. The topological polar surface area (TPSA) is 77.2 Å². The molecule has 1 N–H and O–H groups in total. The Labute approximate surface area is 123 Å².